The zero-order valence-electron chi connectivity index (χ0n) is 10.3. The van der Waals surface area contributed by atoms with Crippen molar-refractivity contribution in [3.8, 4) is 5.75 Å². The van der Waals surface area contributed by atoms with Crippen molar-refractivity contribution in [3.05, 3.63) is 47.1 Å². The van der Waals surface area contributed by atoms with Crippen LogP contribution in [0.15, 0.2) is 28.8 Å². The van der Waals surface area contributed by atoms with Gasteiger partial charge in [0.15, 0.2) is 0 Å². The molecule has 1 aromatic carbocycles. The molecule has 0 aliphatic carbocycles. The summed E-state index contributed by atoms with van der Waals surface area (Å²) in [5.41, 5.74) is 7.10. The van der Waals surface area contributed by atoms with Gasteiger partial charge in [0.05, 0.1) is 0 Å². The Balaban J connectivity index is 2.13. The summed E-state index contributed by atoms with van der Waals surface area (Å²) >= 11 is 0. The fourth-order valence-electron chi connectivity index (χ4n) is 1.64. The fraction of sp³-hybridized carbons (Fsp3) is 0.308. The number of halogens is 1. The maximum Gasteiger partial charge on any atom is 0.134 e. The van der Waals surface area contributed by atoms with Crippen molar-refractivity contribution in [2.75, 3.05) is 0 Å². The molecule has 1 aromatic heterocycles. The minimum Gasteiger partial charge on any atom is -0.487 e. The Labute approximate surface area is 105 Å². The van der Waals surface area contributed by atoms with Gasteiger partial charge < -0.3 is 15.0 Å². The highest BCUT2D eigenvalue weighted by Gasteiger charge is 2.10. The van der Waals surface area contributed by atoms with Gasteiger partial charge in [-0.15, -0.1) is 0 Å². The van der Waals surface area contributed by atoms with Crippen LogP contribution in [0.1, 0.15) is 30.0 Å². The lowest BCUT2D eigenvalue weighted by Crippen LogP contribution is -2.08. The summed E-state index contributed by atoms with van der Waals surface area (Å²) in [6.07, 6.45) is 0. The average molecular weight is 250 g/mol. The summed E-state index contributed by atoms with van der Waals surface area (Å²) in [5, 5.41) is 3.82. The summed E-state index contributed by atoms with van der Waals surface area (Å²) in [7, 11) is 0. The van der Waals surface area contributed by atoms with Crippen LogP contribution in [0.5, 0.6) is 5.75 Å². The Kier molecular flexibility index (Phi) is 3.62. The Hall–Kier alpha value is -1.88. The normalized spacial score (nSPS) is 12.4. The van der Waals surface area contributed by atoms with Crippen molar-refractivity contribution < 1.29 is 13.7 Å². The maximum atomic E-state index is 13.1. The molecule has 1 heterocycles. The predicted molar refractivity (Wildman–Crippen MR) is 64.6 cm³/mol. The third-order valence-corrected chi connectivity index (χ3v) is 2.51. The van der Waals surface area contributed by atoms with Crippen molar-refractivity contribution in [2.45, 2.75) is 26.5 Å². The van der Waals surface area contributed by atoms with Crippen molar-refractivity contribution >= 4 is 0 Å². The van der Waals surface area contributed by atoms with Crippen molar-refractivity contribution in [1.82, 2.24) is 5.16 Å². The molecule has 96 valence electrons. The van der Waals surface area contributed by atoms with E-state index in [0.29, 0.717) is 17.0 Å². The molecule has 0 saturated heterocycles. The van der Waals surface area contributed by atoms with E-state index < -0.39 is 0 Å². The molecular formula is C13H15FN2O2. The van der Waals surface area contributed by atoms with Gasteiger partial charge in [0, 0.05) is 17.7 Å². The smallest absolute Gasteiger partial charge is 0.134 e. The van der Waals surface area contributed by atoms with E-state index in [-0.39, 0.29) is 18.5 Å². The number of nitrogens with two attached hydrogens (primary N) is 1. The molecule has 5 heteroatoms. The van der Waals surface area contributed by atoms with E-state index >= 15 is 0 Å². The monoisotopic (exact) mass is 250 g/mol. The lowest BCUT2D eigenvalue weighted by Gasteiger charge is -2.13. The van der Waals surface area contributed by atoms with Gasteiger partial charge in [-0.3, -0.25) is 0 Å². The summed E-state index contributed by atoms with van der Waals surface area (Å²) in [5.74, 6) is 0.958. The number of rotatable bonds is 4. The zero-order valence-corrected chi connectivity index (χ0v) is 10.3. The van der Waals surface area contributed by atoms with Crippen LogP contribution in [0, 0.1) is 12.7 Å². The van der Waals surface area contributed by atoms with Gasteiger partial charge in [0.1, 0.15) is 29.6 Å². The largest absolute Gasteiger partial charge is 0.487 e. The van der Waals surface area contributed by atoms with E-state index in [9.17, 15) is 4.39 Å². The highest BCUT2D eigenvalue weighted by atomic mass is 19.1. The van der Waals surface area contributed by atoms with Crippen LogP contribution >= 0.6 is 0 Å². The molecule has 4 nitrogen and oxygen atoms in total. The highest BCUT2D eigenvalue weighted by Crippen LogP contribution is 2.25. The maximum absolute atomic E-state index is 13.1. The molecule has 0 amide bonds. The molecule has 0 fully saturated rings. The number of aromatic nitrogens is 1. The first kappa shape index (κ1) is 12.6. The third-order valence-electron chi connectivity index (χ3n) is 2.51. The summed E-state index contributed by atoms with van der Waals surface area (Å²) in [6.45, 7) is 3.85. The van der Waals surface area contributed by atoms with Gasteiger partial charge in [-0.2, -0.15) is 0 Å². The minimum absolute atomic E-state index is 0.267. The molecule has 2 N–H and O–H groups in total. The van der Waals surface area contributed by atoms with Crippen LogP contribution in [0.3, 0.4) is 0 Å². The Morgan fingerprint density at radius 1 is 1.44 bits per heavy atom. The number of nitrogens with zero attached hydrogens (tertiary/aromatic N) is 1. The number of hydrogen-bond donors (Lipinski definition) is 1. The molecule has 0 bridgehead atoms. The molecule has 0 spiro atoms. The molecule has 2 aromatic rings. The van der Waals surface area contributed by atoms with E-state index in [4.69, 9.17) is 15.0 Å². The lowest BCUT2D eigenvalue weighted by atomic mass is 10.1. The molecular weight excluding hydrogens is 235 g/mol. The topological polar surface area (TPSA) is 61.3 Å². The molecule has 0 radical (unpaired) electrons. The van der Waals surface area contributed by atoms with Gasteiger partial charge in [0.25, 0.3) is 0 Å². The number of hydrogen-bond acceptors (Lipinski definition) is 4. The predicted octanol–water partition coefficient (Wildman–Crippen LogP) is 2.72. The van der Waals surface area contributed by atoms with Gasteiger partial charge >= 0.3 is 0 Å². The first-order valence-electron chi connectivity index (χ1n) is 5.66. The van der Waals surface area contributed by atoms with E-state index in [0.717, 1.165) is 5.76 Å². The molecule has 0 aliphatic rings. The van der Waals surface area contributed by atoms with Crippen molar-refractivity contribution in [3.63, 3.8) is 0 Å². The molecule has 1 atom stereocenters. The Morgan fingerprint density at radius 3 is 2.83 bits per heavy atom. The van der Waals surface area contributed by atoms with Gasteiger partial charge in [0.2, 0.25) is 0 Å². The van der Waals surface area contributed by atoms with Crippen LogP contribution in [0.2, 0.25) is 0 Å². The summed E-state index contributed by atoms with van der Waals surface area (Å²) in [4.78, 5) is 0. The number of aryl methyl sites for hydroxylation is 1. The molecule has 18 heavy (non-hydrogen) atoms. The lowest BCUT2D eigenvalue weighted by molar-refractivity contribution is 0.283. The number of ether oxygens (including phenoxy) is 1. The standard InChI is InChI=1S/C13H15FN2O2/c1-8-5-11(16-18-8)7-17-13-4-3-10(14)6-12(13)9(2)15/h3-6,9H,7,15H2,1-2H3. The van der Waals surface area contributed by atoms with Gasteiger partial charge in [-0.05, 0) is 32.0 Å². The van der Waals surface area contributed by atoms with Crippen LogP contribution in [-0.4, -0.2) is 5.16 Å². The third kappa shape index (κ3) is 2.87. The molecule has 2 rings (SSSR count). The summed E-state index contributed by atoms with van der Waals surface area (Å²) in [6, 6.07) is 5.79. The second kappa shape index (κ2) is 5.18. The van der Waals surface area contributed by atoms with E-state index in [1.54, 1.807) is 19.1 Å². The average Bonchev–Trinajstić information content (AvgIpc) is 2.73. The van der Waals surface area contributed by atoms with E-state index in [1.165, 1.54) is 12.1 Å². The van der Waals surface area contributed by atoms with Crippen LogP contribution < -0.4 is 10.5 Å². The second-order valence-corrected chi connectivity index (χ2v) is 4.19. The molecule has 0 saturated carbocycles. The van der Waals surface area contributed by atoms with Crippen LogP contribution in [-0.2, 0) is 6.61 Å². The molecule has 1 unspecified atom stereocenters. The SMILES string of the molecule is Cc1cc(COc2ccc(F)cc2C(C)N)no1. The highest BCUT2D eigenvalue weighted by molar-refractivity contribution is 5.36. The van der Waals surface area contributed by atoms with E-state index in [2.05, 4.69) is 5.16 Å². The second-order valence-electron chi connectivity index (χ2n) is 4.19. The Morgan fingerprint density at radius 2 is 2.22 bits per heavy atom. The van der Waals surface area contributed by atoms with Crippen LogP contribution in [0.4, 0.5) is 4.39 Å². The van der Waals surface area contributed by atoms with Crippen molar-refractivity contribution in [2.24, 2.45) is 5.73 Å². The Bertz CT molecular complexity index is 538. The van der Waals surface area contributed by atoms with Gasteiger partial charge in [-0.25, -0.2) is 4.39 Å². The van der Waals surface area contributed by atoms with E-state index in [1.807, 2.05) is 6.92 Å². The zero-order chi connectivity index (χ0) is 13.1. The number of benzene rings is 1. The quantitative estimate of drug-likeness (QED) is 0.906. The van der Waals surface area contributed by atoms with Gasteiger partial charge in [-0.1, -0.05) is 5.16 Å². The van der Waals surface area contributed by atoms with Crippen molar-refractivity contribution in [1.29, 1.82) is 0 Å². The minimum atomic E-state index is -0.327. The fourth-order valence-corrected chi connectivity index (χ4v) is 1.64. The first-order chi connectivity index (χ1) is 8.56. The summed E-state index contributed by atoms with van der Waals surface area (Å²) < 4.78 is 23.7. The first-order valence-corrected chi connectivity index (χ1v) is 5.66. The molecule has 0 aliphatic heterocycles. The van der Waals surface area contributed by atoms with Crippen LogP contribution in [0.25, 0.3) is 0 Å².